The van der Waals surface area contributed by atoms with Gasteiger partial charge < -0.3 is 10.2 Å². The normalized spacial score (nSPS) is 26.6. The maximum atomic E-state index is 10.3. The molecular formula is C20H28N4O3. The van der Waals surface area contributed by atoms with Gasteiger partial charge in [-0.3, -0.25) is 14.8 Å². The van der Waals surface area contributed by atoms with Crippen LogP contribution in [0.4, 0.5) is 0 Å². The Labute approximate surface area is 159 Å². The fraction of sp³-hybridized carbons (Fsp3) is 0.550. The van der Waals surface area contributed by atoms with Crippen molar-refractivity contribution < 1.29 is 15.0 Å². The minimum Gasteiger partial charge on any atom is -0.483 e. The fourth-order valence-electron chi connectivity index (χ4n) is 4.81. The zero-order valence-electron chi connectivity index (χ0n) is 15.7. The molecule has 2 aliphatic rings. The first-order valence-corrected chi connectivity index (χ1v) is 9.54. The van der Waals surface area contributed by atoms with Crippen LogP contribution in [0.25, 0.3) is 0 Å². The first-order chi connectivity index (χ1) is 13.2. The van der Waals surface area contributed by atoms with E-state index >= 15 is 0 Å². The van der Waals surface area contributed by atoms with Gasteiger partial charge in [0, 0.05) is 23.9 Å². The monoisotopic (exact) mass is 372 g/mol. The number of rotatable bonds is 6. The van der Waals surface area contributed by atoms with Crippen LogP contribution in [-0.2, 0) is 24.2 Å². The van der Waals surface area contributed by atoms with E-state index in [0.29, 0.717) is 12.1 Å². The molecule has 4 rings (SSSR count). The number of hydrogen-bond donors (Lipinski definition) is 3. The third-order valence-corrected chi connectivity index (χ3v) is 5.93. The van der Waals surface area contributed by atoms with Crippen molar-refractivity contribution >= 4 is 6.47 Å². The highest BCUT2D eigenvalue weighted by atomic mass is 16.3. The Hall–Kier alpha value is -2.25. The minimum absolute atomic E-state index is 0.0160. The van der Waals surface area contributed by atoms with Crippen LogP contribution in [-0.4, -0.2) is 55.5 Å². The van der Waals surface area contributed by atoms with Crippen molar-refractivity contribution in [1.29, 1.82) is 0 Å². The number of fused-ring (bicyclic) bond motifs is 2. The summed E-state index contributed by atoms with van der Waals surface area (Å²) in [6, 6.07) is 11.6. The molecule has 1 aromatic carbocycles. The molecule has 7 nitrogen and oxygen atoms in total. The first-order valence-electron chi connectivity index (χ1n) is 9.54. The maximum Gasteiger partial charge on any atom is 0.290 e. The summed E-state index contributed by atoms with van der Waals surface area (Å²) in [7, 11) is 0. The van der Waals surface area contributed by atoms with Crippen molar-refractivity contribution in [3.63, 3.8) is 0 Å². The Morgan fingerprint density at radius 2 is 2.07 bits per heavy atom. The highest BCUT2D eigenvalue weighted by Crippen LogP contribution is 2.51. The van der Waals surface area contributed by atoms with Crippen LogP contribution in [0.1, 0.15) is 43.4 Å². The molecule has 0 spiro atoms. The van der Waals surface area contributed by atoms with Gasteiger partial charge in [0.15, 0.2) is 0 Å². The predicted octanol–water partition coefficient (Wildman–Crippen LogP) is 2.03. The fourth-order valence-corrected chi connectivity index (χ4v) is 4.81. The zero-order valence-corrected chi connectivity index (χ0v) is 15.7. The van der Waals surface area contributed by atoms with E-state index in [4.69, 9.17) is 9.90 Å². The smallest absolute Gasteiger partial charge is 0.290 e. The Balaban J connectivity index is 0.000000659. The lowest BCUT2D eigenvalue weighted by atomic mass is 9.70. The molecule has 0 amide bonds. The Morgan fingerprint density at radius 3 is 2.70 bits per heavy atom. The molecule has 2 aliphatic heterocycles. The second-order valence-corrected chi connectivity index (χ2v) is 7.46. The maximum absolute atomic E-state index is 10.3. The van der Waals surface area contributed by atoms with Crippen LogP contribution in [0.5, 0.6) is 0 Å². The van der Waals surface area contributed by atoms with Crippen LogP contribution in [0.15, 0.2) is 30.3 Å². The number of aromatic amines is 1. The summed E-state index contributed by atoms with van der Waals surface area (Å²) >= 11 is 0. The van der Waals surface area contributed by atoms with Gasteiger partial charge >= 0.3 is 0 Å². The summed E-state index contributed by atoms with van der Waals surface area (Å²) in [5.74, 6) is 1.84. The Kier molecular flexibility index (Phi) is 6.23. The van der Waals surface area contributed by atoms with Gasteiger partial charge in [-0.25, -0.2) is 4.98 Å². The predicted molar refractivity (Wildman–Crippen MR) is 101 cm³/mol. The van der Waals surface area contributed by atoms with Crippen molar-refractivity contribution in [2.75, 3.05) is 6.61 Å². The van der Waals surface area contributed by atoms with Crippen molar-refractivity contribution in [3.05, 3.63) is 47.5 Å². The van der Waals surface area contributed by atoms with E-state index in [9.17, 15) is 5.11 Å². The van der Waals surface area contributed by atoms with E-state index in [2.05, 4.69) is 57.3 Å². The molecule has 0 saturated carbocycles. The number of carboxylic acid groups (broad SMARTS) is 1. The van der Waals surface area contributed by atoms with E-state index < -0.39 is 0 Å². The number of aliphatic hydroxyl groups excluding tert-OH is 1. The van der Waals surface area contributed by atoms with Crippen molar-refractivity contribution in [1.82, 2.24) is 20.1 Å². The van der Waals surface area contributed by atoms with Gasteiger partial charge in [-0.15, -0.1) is 0 Å². The molecule has 3 heterocycles. The lowest BCUT2D eigenvalue weighted by molar-refractivity contribution is -0.122. The number of aromatic nitrogens is 3. The second-order valence-electron chi connectivity index (χ2n) is 7.46. The third kappa shape index (κ3) is 4.04. The van der Waals surface area contributed by atoms with E-state index in [0.717, 1.165) is 37.5 Å². The van der Waals surface area contributed by atoms with Crippen LogP contribution in [0.2, 0.25) is 0 Å². The summed E-state index contributed by atoms with van der Waals surface area (Å²) in [5.41, 5.74) is 1.31. The van der Waals surface area contributed by atoms with Gasteiger partial charge in [-0.05, 0) is 31.2 Å². The number of hydrogen-bond acceptors (Lipinski definition) is 5. The Morgan fingerprint density at radius 1 is 1.33 bits per heavy atom. The largest absolute Gasteiger partial charge is 0.483 e. The molecule has 0 radical (unpaired) electrons. The average molecular weight is 372 g/mol. The SMILES string of the molecule is CCc1n[nH]c(CN2[C@@H]3CC[C@H]2[C@](CO)(Cc2ccccc2)C3)n1.O=CO. The number of nitrogens with one attached hydrogen (secondary N) is 1. The summed E-state index contributed by atoms with van der Waals surface area (Å²) in [5, 5.41) is 24.5. The van der Waals surface area contributed by atoms with Crippen molar-refractivity contribution in [2.24, 2.45) is 5.41 Å². The highest BCUT2D eigenvalue weighted by Gasteiger charge is 2.55. The van der Waals surface area contributed by atoms with Gasteiger partial charge in [0.2, 0.25) is 0 Å². The number of aliphatic hydroxyl groups is 1. The van der Waals surface area contributed by atoms with Crippen LogP contribution in [0, 0.1) is 5.41 Å². The zero-order chi connectivity index (χ0) is 19.3. The molecule has 1 aromatic heterocycles. The van der Waals surface area contributed by atoms with E-state index in [1.165, 1.54) is 18.4 Å². The summed E-state index contributed by atoms with van der Waals surface area (Å²) < 4.78 is 0. The lowest BCUT2D eigenvalue weighted by Gasteiger charge is -2.36. The lowest BCUT2D eigenvalue weighted by Crippen LogP contribution is -2.41. The van der Waals surface area contributed by atoms with E-state index in [-0.39, 0.29) is 18.5 Å². The number of nitrogens with zero attached hydrogens (tertiary/aromatic N) is 3. The second kappa shape index (κ2) is 8.63. The van der Waals surface area contributed by atoms with Crippen LogP contribution >= 0.6 is 0 Å². The quantitative estimate of drug-likeness (QED) is 0.671. The molecule has 7 heteroatoms. The molecular weight excluding hydrogens is 344 g/mol. The van der Waals surface area contributed by atoms with Crippen molar-refractivity contribution in [2.45, 2.75) is 57.7 Å². The molecule has 27 heavy (non-hydrogen) atoms. The van der Waals surface area contributed by atoms with Gasteiger partial charge in [0.05, 0.1) is 13.2 Å². The molecule has 3 atom stereocenters. The van der Waals surface area contributed by atoms with Gasteiger partial charge in [-0.1, -0.05) is 37.3 Å². The first kappa shape index (κ1) is 19.5. The molecule has 0 aliphatic carbocycles. The van der Waals surface area contributed by atoms with E-state index in [1.807, 2.05) is 0 Å². The summed E-state index contributed by atoms with van der Waals surface area (Å²) in [6.45, 7) is 2.90. The minimum atomic E-state index is -0.250. The van der Waals surface area contributed by atoms with Gasteiger partial charge in [0.1, 0.15) is 11.6 Å². The van der Waals surface area contributed by atoms with Gasteiger partial charge in [-0.2, -0.15) is 5.10 Å². The highest BCUT2D eigenvalue weighted by molar-refractivity contribution is 5.32. The molecule has 2 saturated heterocycles. The molecule has 2 fully saturated rings. The topological polar surface area (TPSA) is 102 Å². The number of carbonyl (C=O) groups is 1. The molecule has 146 valence electrons. The number of aryl methyl sites for hydroxylation is 1. The van der Waals surface area contributed by atoms with E-state index in [1.54, 1.807) is 0 Å². The molecule has 2 aromatic rings. The number of benzene rings is 1. The van der Waals surface area contributed by atoms with Crippen LogP contribution < -0.4 is 0 Å². The molecule has 2 bridgehead atoms. The summed E-state index contributed by atoms with van der Waals surface area (Å²) in [4.78, 5) is 15.5. The Bertz CT molecular complexity index is 736. The van der Waals surface area contributed by atoms with Crippen LogP contribution in [0.3, 0.4) is 0 Å². The molecule has 3 N–H and O–H groups in total. The average Bonchev–Trinajstić information content (AvgIpc) is 3.38. The molecule has 0 unspecified atom stereocenters. The standard InChI is InChI=1S/C19H26N4O.CH2O2/c1-2-17-20-18(22-21-17)12-23-15-8-9-16(23)19(11-15,13-24)10-14-6-4-3-5-7-14;2-1-3/h3-7,15-16,24H,2,8-13H2,1H3,(H,20,21,22);1H,(H,2,3)/t15-,16+,19-;/m1./s1. The summed E-state index contributed by atoms with van der Waals surface area (Å²) in [6.07, 6.45) is 5.30. The van der Waals surface area contributed by atoms with Crippen molar-refractivity contribution in [3.8, 4) is 0 Å². The van der Waals surface area contributed by atoms with Gasteiger partial charge in [0.25, 0.3) is 6.47 Å². The number of H-pyrrole nitrogens is 1. The third-order valence-electron chi connectivity index (χ3n) is 5.93.